The number of carbonyl (C=O) groups is 3. The third kappa shape index (κ3) is 59.3. The highest BCUT2D eigenvalue weighted by Gasteiger charge is 2.19. The van der Waals surface area contributed by atoms with Crippen molar-refractivity contribution in [3.63, 3.8) is 0 Å². The van der Waals surface area contributed by atoms with Crippen LogP contribution in [0.2, 0.25) is 0 Å². The summed E-state index contributed by atoms with van der Waals surface area (Å²) in [5.74, 6) is -1.17. The second-order valence-corrected chi connectivity index (χ2v) is 18.5. The van der Waals surface area contributed by atoms with Gasteiger partial charge >= 0.3 is 17.9 Å². The van der Waals surface area contributed by atoms with Crippen molar-refractivity contribution in [2.45, 2.75) is 219 Å². The van der Waals surface area contributed by atoms with Crippen molar-refractivity contribution in [1.29, 1.82) is 0 Å². The largest absolute Gasteiger partial charge is 0.462 e. The fourth-order valence-corrected chi connectivity index (χ4v) is 7.02. The van der Waals surface area contributed by atoms with E-state index in [4.69, 9.17) is 14.2 Å². The number of allylic oxidation sites excluding steroid dienone is 30. The minimum absolute atomic E-state index is 0.158. The Morgan fingerprint density at radius 2 is 0.547 bits per heavy atom. The molecule has 1 atom stereocenters. The van der Waals surface area contributed by atoms with Crippen molar-refractivity contribution in [2.75, 3.05) is 13.2 Å². The number of hydrogen-bond donors (Lipinski definition) is 0. The Hall–Kier alpha value is -5.49. The van der Waals surface area contributed by atoms with E-state index in [9.17, 15) is 14.4 Å². The van der Waals surface area contributed by atoms with E-state index in [1.807, 2.05) is 24.3 Å². The van der Waals surface area contributed by atoms with E-state index >= 15 is 0 Å². The van der Waals surface area contributed by atoms with Crippen LogP contribution in [0.4, 0.5) is 0 Å². The predicted octanol–water partition coefficient (Wildman–Crippen LogP) is 20.1. The zero-order chi connectivity index (χ0) is 54.3. The zero-order valence-corrected chi connectivity index (χ0v) is 47.5. The second kappa shape index (κ2) is 61.1. The average Bonchev–Trinajstić information content (AvgIpc) is 3.41. The molecule has 0 fully saturated rings. The van der Waals surface area contributed by atoms with Gasteiger partial charge in [0.1, 0.15) is 13.2 Å². The van der Waals surface area contributed by atoms with Crippen molar-refractivity contribution in [3.05, 3.63) is 182 Å². The van der Waals surface area contributed by atoms with E-state index in [1.165, 1.54) is 51.4 Å². The maximum Gasteiger partial charge on any atom is 0.306 e. The fourth-order valence-electron chi connectivity index (χ4n) is 7.02. The molecule has 0 aliphatic carbocycles. The van der Waals surface area contributed by atoms with E-state index in [0.717, 1.165) is 103 Å². The van der Waals surface area contributed by atoms with Crippen molar-refractivity contribution in [1.82, 2.24) is 0 Å². The van der Waals surface area contributed by atoms with Crippen LogP contribution in [0.1, 0.15) is 213 Å². The molecular weight excluding hydrogens is 925 g/mol. The minimum atomic E-state index is -0.874. The molecule has 6 heteroatoms. The highest BCUT2D eigenvalue weighted by molar-refractivity contribution is 5.71. The maximum atomic E-state index is 12.8. The van der Waals surface area contributed by atoms with E-state index in [0.29, 0.717) is 19.3 Å². The van der Waals surface area contributed by atoms with Crippen LogP contribution >= 0.6 is 0 Å². The quantitative estimate of drug-likeness (QED) is 0.0261. The number of ether oxygens (including phenoxy) is 3. The zero-order valence-electron chi connectivity index (χ0n) is 47.5. The van der Waals surface area contributed by atoms with Gasteiger partial charge in [-0.25, -0.2) is 0 Å². The number of esters is 3. The summed E-state index contributed by atoms with van der Waals surface area (Å²) < 4.78 is 16.7. The van der Waals surface area contributed by atoms with Gasteiger partial charge in [0, 0.05) is 19.3 Å². The molecular formula is C69H104O6. The Kier molecular flexibility index (Phi) is 56.6. The van der Waals surface area contributed by atoms with Crippen LogP contribution in [-0.4, -0.2) is 37.2 Å². The Morgan fingerprint density at radius 3 is 0.867 bits per heavy atom. The Morgan fingerprint density at radius 1 is 0.280 bits per heavy atom. The first kappa shape index (κ1) is 69.5. The van der Waals surface area contributed by atoms with Gasteiger partial charge in [0.2, 0.25) is 0 Å². The molecule has 6 nitrogen and oxygen atoms in total. The average molecular weight is 1030 g/mol. The molecule has 0 unspecified atom stereocenters. The smallest absolute Gasteiger partial charge is 0.306 e. The lowest BCUT2D eigenvalue weighted by Crippen LogP contribution is -2.30. The Bertz CT molecular complexity index is 1800. The van der Waals surface area contributed by atoms with Crippen LogP contribution < -0.4 is 0 Å². The fraction of sp³-hybridized carbons (Fsp3) is 0.522. The van der Waals surface area contributed by atoms with E-state index in [1.54, 1.807) is 0 Å². The van der Waals surface area contributed by atoms with Crippen LogP contribution in [0.5, 0.6) is 0 Å². The normalized spacial score (nSPS) is 13.5. The molecule has 0 saturated heterocycles. The molecule has 0 aromatic heterocycles. The lowest BCUT2D eigenvalue weighted by atomic mass is 10.1. The van der Waals surface area contributed by atoms with Gasteiger partial charge in [-0.1, -0.05) is 235 Å². The number of rotatable bonds is 50. The summed E-state index contributed by atoms with van der Waals surface area (Å²) >= 11 is 0. The summed E-state index contributed by atoms with van der Waals surface area (Å²) in [6, 6.07) is 0. The Labute approximate surface area is 459 Å². The van der Waals surface area contributed by atoms with Gasteiger partial charge in [0.15, 0.2) is 6.10 Å². The molecule has 0 N–H and O–H groups in total. The molecule has 0 aliphatic heterocycles. The maximum absolute atomic E-state index is 12.8. The standard InChI is InChI=1S/C69H104O6/c1-4-7-10-13-16-19-22-25-28-31-34-37-40-43-46-49-52-55-58-61-67(70)73-64-66(75-69(72)63-60-57-54-51-48-45-42-39-36-33-30-27-24-21-18-15-12-9-6-3)65-74-68(71)62-59-56-53-50-47-44-41-38-35-32-29-26-23-20-17-14-11-8-5-2/h7,10,16-21,25-30,34-39,43-48,52,54-55,57,66H,4-6,8-9,11-15,22-24,31-33,40-42,49-51,53,56,58-65H2,1-3H3/b10-7-,19-16-,20-17-,21-18-,28-25-,29-26-,30-27-,37-34-,38-35-,39-36-,46-43-,47-44-,48-45-,55-52-,57-54-/t66-/m1/s1. The van der Waals surface area contributed by atoms with Crippen LogP contribution in [0, 0.1) is 0 Å². The van der Waals surface area contributed by atoms with Crippen molar-refractivity contribution in [3.8, 4) is 0 Å². The second-order valence-electron chi connectivity index (χ2n) is 18.5. The molecule has 0 radical (unpaired) electrons. The minimum Gasteiger partial charge on any atom is -0.462 e. The first-order valence-electron chi connectivity index (χ1n) is 29.3. The summed E-state index contributed by atoms with van der Waals surface area (Å²) in [5, 5.41) is 0. The van der Waals surface area contributed by atoms with Gasteiger partial charge in [0.05, 0.1) is 0 Å². The first-order valence-corrected chi connectivity index (χ1v) is 29.3. The molecule has 0 aromatic rings. The number of unbranched alkanes of at least 4 members (excludes halogenated alkanes) is 9. The molecule has 0 saturated carbocycles. The topological polar surface area (TPSA) is 78.9 Å². The molecule has 0 aromatic carbocycles. The summed E-state index contributed by atoms with van der Waals surface area (Å²) in [7, 11) is 0. The van der Waals surface area contributed by atoms with Gasteiger partial charge in [-0.3, -0.25) is 14.4 Å². The van der Waals surface area contributed by atoms with E-state index < -0.39 is 18.0 Å². The summed E-state index contributed by atoms with van der Waals surface area (Å²) in [5.41, 5.74) is 0. The van der Waals surface area contributed by atoms with Gasteiger partial charge in [0.25, 0.3) is 0 Å². The highest BCUT2D eigenvalue weighted by Crippen LogP contribution is 2.09. The van der Waals surface area contributed by atoms with Gasteiger partial charge in [-0.15, -0.1) is 0 Å². The summed E-state index contributed by atoms with van der Waals surface area (Å²) in [6.07, 6.45) is 91.9. The van der Waals surface area contributed by atoms with Crippen LogP contribution in [0.3, 0.4) is 0 Å². The molecule has 0 amide bonds. The molecule has 0 bridgehead atoms. The third-order valence-corrected chi connectivity index (χ3v) is 11.4. The lowest BCUT2D eigenvalue weighted by molar-refractivity contribution is -0.166. The predicted molar refractivity (Wildman–Crippen MR) is 324 cm³/mol. The molecule has 416 valence electrons. The van der Waals surface area contributed by atoms with Gasteiger partial charge in [-0.2, -0.15) is 0 Å². The molecule has 0 heterocycles. The highest BCUT2D eigenvalue weighted by atomic mass is 16.6. The number of carbonyl (C=O) groups excluding carboxylic acids is 3. The van der Waals surface area contributed by atoms with E-state index in [2.05, 4.69) is 179 Å². The van der Waals surface area contributed by atoms with Crippen molar-refractivity contribution >= 4 is 17.9 Å². The lowest BCUT2D eigenvalue weighted by Gasteiger charge is -2.18. The SMILES string of the molecule is CC/C=C\C/C=C\C/C=C\C/C=C\C/C=C\C/C=C\CCC(=O)OC[C@H](COC(=O)CCCCC/C=C\C/C=C\C/C=C\C/C=C\CCCCC)OC(=O)CC/C=C\C/C=C\C/C=C\C/C=C\C/C=C\CCCCC. The van der Waals surface area contributed by atoms with Crippen LogP contribution in [0.25, 0.3) is 0 Å². The first-order chi connectivity index (χ1) is 37.0. The number of hydrogen-bond acceptors (Lipinski definition) is 6. The van der Waals surface area contributed by atoms with Crippen LogP contribution in [0.15, 0.2) is 182 Å². The molecule has 0 rings (SSSR count). The monoisotopic (exact) mass is 1030 g/mol. The third-order valence-electron chi connectivity index (χ3n) is 11.4. The molecule has 0 aliphatic rings. The molecule has 0 spiro atoms. The van der Waals surface area contributed by atoms with Crippen molar-refractivity contribution < 1.29 is 28.6 Å². The van der Waals surface area contributed by atoms with Crippen LogP contribution in [-0.2, 0) is 28.6 Å². The summed E-state index contributed by atoms with van der Waals surface area (Å²) in [6.45, 7) is 6.29. The van der Waals surface area contributed by atoms with Crippen molar-refractivity contribution in [2.24, 2.45) is 0 Å². The van der Waals surface area contributed by atoms with Gasteiger partial charge in [-0.05, 0) is 141 Å². The van der Waals surface area contributed by atoms with E-state index in [-0.39, 0.29) is 38.4 Å². The summed E-state index contributed by atoms with van der Waals surface area (Å²) in [4.78, 5) is 38.1. The Balaban J connectivity index is 4.71. The molecule has 75 heavy (non-hydrogen) atoms. The van der Waals surface area contributed by atoms with Gasteiger partial charge < -0.3 is 14.2 Å².